The van der Waals surface area contributed by atoms with Crippen molar-refractivity contribution in [3.63, 3.8) is 0 Å². The van der Waals surface area contributed by atoms with Gasteiger partial charge < -0.3 is 9.88 Å². The Hall–Kier alpha value is -0.280. The van der Waals surface area contributed by atoms with Gasteiger partial charge in [0.2, 0.25) is 0 Å². The molecule has 0 fully saturated rings. The molecule has 2 nitrogen and oxygen atoms in total. The molecule has 1 aromatic rings. The molecule has 0 amide bonds. The molecule has 1 aliphatic heterocycles. The second kappa shape index (κ2) is 3.38. The van der Waals surface area contributed by atoms with Gasteiger partial charge in [-0.05, 0) is 40.9 Å². The highest BCUT2D eigenvalue weighted by atomic mass is 79.9. The summed E-state index contributed by atoms with van der Waals surface area (Å²) in [5.74, 6) is 0.600. The molecule has 78 valence electrons. The maximum Gasteiger partial charge on any atom is 0.0849 e. The Labute approximate surface area is 93.8 Å². The molecule has 0 spiro atoms. The van der Waals surface area contributed by atoms with Gasteiger partial charge in [0, 0.05) is 18.8 Å². The topological polar surface area (TPSA) is 17.0 Å². The van der Waals surface area contributed by atoms with Crippen LogP contribution in [0.15, 0.2) is 16.7 Å². The smallest absolute Gasteiger partial charge is 0.0849 e. The standard InChI is InChI=1S/C11H17BrN2/c1-8(2)11(3)9-4-5-10(12)14(9)7-6-13-11/h4-5,8,13H,6-7H2,1-3H3. The van der Waals surface area contributed by atoms with E-state index >= 15 is 0 Å². The SMILES string of the molecule is CC(C)C1(C)NCCn2c(Br)ccc21. The monoisotopic (exact) mass is 256 g/mol. The number of rotatable bonds is 1. The molecule has 0 bridgehead atoms. The summed E-state index contributed by atoms with van der Waals surface area (Å²) in [6.07, 6.45) is 0. The summed E-state index contributed by atoms with van der Waals surface area (Å²) in [4.78, 5) is 0. The molecule has 14 heavy (non-hydrogen) atoms. The van der Waals surface area contributed by atoms with Crippen molar-refractivity contribution in [2.75, 3.05) is 6.54 Å². The van der Waals surface area contributed by atoms with Crippen LogP contribution >= 0.6 is 15.9 Å². The fourth-order valence-electron chi connectivity index (χ4n) is 2.14. The molecule has 0 aromatic carbocycles. The van der Waals surface area contributed by atoms with Crippen molar-refractivity contribution in [2.45, 2.75) is 32.9 Å². The number of halogens is 1. The number of hydrogen-bond donors (Lipinski definition) is 1. The third-order valence-corrected chi connectivity index (χ3v) is 4.13. The van der Waals surface area contributed by atoms with Crippen LogP contribution in [0.4, 0.5) is 0 Å². The molecule has 0 aliphatic carbocycles. The van der Waals surface area contributed by atoms with Crippen molar-refractivity contribution in [1.29, 1.82) is 0 Å². The Morgan fingerprint density at radius 3 is 2.86 bits per heavy atom. The van der Waals surface area contributed by atoms with Gasteiger partial charge >= 0.3 is 0 Å². The number of fused-ring (bicyclic) bond motifs is 1. The Bertz CT molecular complexity index is 343. The van der Waals surface area contributed by atoms with Crippen molar-refractivity contribution >= 4 is 15.9 Å². The Kier molecular flexibility index (Phi) is 2.48. The minimum absolute atomic E-state index is 0.115. The van der Waals surface area contributed by atoms with Crippen molar-refractivity contribution in [2.24, 2.45) is 5.92 Å². The quantitative estimate of drug-likeness (QED) is 0.818. The van der Waals surface area contributed by atoms with Gasteiger partial charge in [0.15, 0.2) is 0 Å². The van der Waals surface area contributed by atoms with Gasteiger partial charge in [0.1, 0.15) is 0 Å². The highest BCUT2D eigenvalue weighted by Gasteiger charge is 2.35. The highest BCUT2D eigenvalue weighted by molar-refractivity contribution is 9.10. The largest absolute Gasteiger partial charge is 0.336 e. The Morgan fingerprint density at radius 2 is 2.21 bits per heavy atom. The van der Waals surface area contributed by atoms with Gasteiger partial charge in [-0.1, -0.05) is 13.8 Å². The van der Waals surface area contributed by atoms with Gasteiger partial charge in [0.05, 0.1) is 10.1 Å². The predicted molar refractivity (Wildman–Crippen MR) is 62.3 cm³/mol. The number of nitrogens with zero attached hydrogens (tertiary/aromatic N) is 1. The van der Waals surface area contributed by atoms with E-state index in [2.05, 4.69) is 58.7 Å². The lowest BCUT2D eigenvalue weighted by Crippen LogP contribution is -2.50. The first-order chi connectivity index (χ1) is 6.55. The minimum Gasteiger partial charge on any atom is -0.336 e. The van der Waals surface area contributed by atoms with Gasteiger partial charge in [-0.2, -0.15) is 0 Å². The lowest BCUT2D eigenvalue weighted by atomic mass is 9.84. The fourth-order valence-corrected chi connectivity index (χ4v) is 2.64. The van der Waals surface area contributed by atoms with E-state index in [1.165, 1.54) is 10.3 Å². The molecule has 0 saturated carbocycles. The molecule has 2 heterocycles. The van der Waals surface area contributed by atoms with Crippen LogP contribution in [-0.2, 0) is 12.1 Å². The van der Waals surface area contributed by atoms with Crippen LogP contribution in [0.5, 0.6) is 0 Å². The molecule has 0 saturated heterocycles. The summed E-state index contributed by atoms with van der Waals surface area (Å²) >= 11 is 3.59. The Morgan fingerprint density at radius 1 is 1.50 bits per heavy atom. The zero-order valence-corrected chi connectivity index (χ0v) is 10.6. The summed E-state index contributed by atoms with van der Waals surface area (Å²) in [5, 5.41) is 3.62. The Balaban J connectivity index is 2.50. The lowest BCUT2D eigenvalue weighted by molar-refractivity contribution is 0.220. The van der Waals surface area contributed by atoms with Gasteiger partial charge in [-0.3, -0.25) is 0 Å². The lowest BCUT2D eigenvalue weighted by Gasteiger charge is -2.40. The van der Waals surface area contributed by atoms with E-state index < -0.39 is 0 Å². The van der Waals surface area contributed by atoms with E-state index in [0.29, 0.717) is 5.92 Å². The van der Waals surface area contributed by atoms with Crippen molar-refractivity contribution in [3.05, 3.63) is 22.4 Å². The highest BCUT2D eigenvalue weighted by Crippen LogP contribution is 2.34. The first-order valence-corrected chi connectivity index (χ1v) is 5.95. The van der Waals surface area contributed by atoms with Gasteiger partial charge in [0.25, 0.3) is 0 Å². The minimum atomic E-state index is 0.115. The van der Waals surface area contributed by atoms with Crippen molar-refractivity contribution < 1.29 is 0 Å². The molecule has 1 aromatic heterocycles. The molecule has 3 heteroatoms. The molecular weight excluding hydrogens is 240 g/mol. The first-order valence-electron chi connectivity index (χ1n) is 5.16. The molecule has 1 unspecified atom stereocenters. The molecule has 0 radical (unpaired) electrons. The summed E-state index contributed by atoms with van der Waals surface area (Å²) in [5.41, 5.74) is 1.51. The average molecular weight is 257 g/mol. The van der Waals surface area contributed by atoms with Crippen LogP contribution in [0.3, 0.4) is 0 Å². The van der Waals surface area contributed by atoms with Crippen LogP contribution in [-0.4, -0.2) is 11.1 Å². The number of nitrogens with one attached hydrogen (secondary N) is 1. The normalized spacial score (nSPS) is 26.6. The van der Waals surface area contributed by atoms with E-state index in [4.69, 9.17) is 0 Å². The van der Waals surface area contributed by atoms with Crippen LogP contribution < -0.4 is 5.32 Å². The zero-order valence-electron chi connectivity index (χ0n) is 8.97. The summed E-state index contributed by atoms with van der Waals surface area (Å²) in [6, 6.07) is 4.36. The molecule has 1 N–H and O–H groups in total. The van der Waals surface area contributed by atoms with Crippen LogP contribution in [0.25, 0.3) is 0 Å². The van der Waals surface area contributed by atoms with Crippen LogP contribution in [0.1, 0.15) is 26.5 Å². The third-order valence-electron chi connectivity index (χ3n) is 3.44. The van der Waals surface area contributed by atoms with Gasteiger partial charge in [-0.15, -0.1) is 0 Å². The second-order valence-electron chi connectivity index (χ2n) is 4.48. The summed E-state index contributed by atoms with van der Waals surface area (Å²) < 4.78 is 3.55. The molecule has 1 atom stereocenters. The van der Waals surface area contributed by atoms with E-state index in [1.54, 1.807) is 0 Å². The van der Waals surface area contributed by atoms with E-state index in [-0.39, 0.29) is 5.54 Å². The van der Waals surface area contributed by atoms with Crippen LogP contribution in [0.2, 0.25) is 0 Å². The van der Waals surface area contributed by atoms with Gasteiger partial charge in [-0.25, -0.2) is 0 Å². The summed E-state index contributed by atoms with van der Waals surface area (Å²) in [6.45, 7) is 8.93. The van der Waals surface area contributed by atoms with Crippen molar-refractivity contribution in [3.8, 4) is 0 Å². The maximum atomic E-state index is 3.62. The molecular formula is C11H17BrN2. The van der Waals surface area contributed by atoms with E-state index in [9.17, 15) is 0 Å². The van der Waals surface area contributed by atoms with Crippen LogP contribution in [0, 0.1) is 5.92 Å². The third kappa shape index (κ3) is 1.34. The van der Waals surface area contributed by atoms with Crippen molar-refractivity contribution in [1.82, 2.24) is 9.88 Å². The van der Waals surface area contributed by atoms with E-state index in [1.807, 2.05) is 0 Å². The van der Waals surface area contributed by atoms with E-state index in [0.717, 1.165) is 13.1 Å². The first kappa shape index (κ1) is 10.2. The predicted octanol–water partition coefficient (Wildman–Crippen LogP) is 2.73. The summed E-state index contributed by atoms with van der Waals surface area (Å²) in [7, 11) is 0. The molecule has 1 aliphatic rings. The second-order valence-corrected chi connectivity index (χ2v) is 5.29. The maximum absolute atomic E-state index is 3.62. The molecule has 2 rings (SSSR count). The number of hydrogen-bond acceptors (Lipinski definition) is 1. The fraction of sp³-hybridized carbons (Fsp3) is 0.636. The number of aromatic nitrogens is 1. The zero-order chi connectivity index (χ0) is 10.3. The average Bonchev–Trinajstić information content (AvgIpc) is 2.50.